The highest BCUT2D eigenvalue weighted by Crippen LogP contribution is 2.28. The van der Waals surface area contributed by atoms with E-state index >= 15 is 0 Å². The normalized spacial score (nSPS) is 14.3. The molecule has 3 aromatic carbocycles. The molecule has 190 valence electrons. The Morgan fingerprint density at radius 2 is 1.39 bits per heavy atom. The van der Waals surface area contributed by atoms with Crippen LogP contribution in [0.2, 0.25) is 0 Å². The van der Waals surface area contributed by atoms with Crippen LogP contribution >= 0.6 is 11.3 Å². The zero-order valence-corrected chi connectivity index (χ0v) is 21.6. The molecule has 0 aliphatic carbocycles. The Morgan fingerprint density at radius 3 is 2.00 bits per heavy atom. The van der Waals surface area contributed by atoms with Crippen LogP contribution in [0.15, 0.2) is 102 Å². The number of hydrogen-bond acceptors (Lipinski definition) is 6. The first-order valence-electron chi connectivity index (χ1n) is 12.7. The van der Waals surface area contributed by atoms with Gasteiger partial charge in [0.05, 0.1) is 11.6 Å². The second-order valence-electron chi connectivity index (χ2n) is 9.41. The van der Waals surface area contributed by atoms with Gasteiger partial charge in [-0.05, 0) is 11.1 Å². The van der Waals surface area contributed by atoms with Gasteiger partial charge in [0.2, 0.25) is 10.9 Å². The number of hydrogen-bond donors (Lipinski definition) is 0. The fourth-order valence-electron chi connectivity index (χ4n) is 4.94. The van der Waals surface area contributed by atoms with Crippen LogP contribution in [0.25, 0.3) is 15.5 Å². The average molecular weight is 522 g/mol. The first kappa shape index (κ1) is 24.2. The Hall–Kier alpha value is -4.14. The summed E-state index contributed by atoms with van der Waals surface area (Å²) in [4.78, 5) is 36.0. The SMILES string of the molecule is O=C(C(c1ccccc1)c1ccccc1)N1CCN(Cc2cc(=O)n3nc(-c4ccccc4)sc3n2)CC1. The van der Waals surface area contributed by atoms with Crippen molar-refractivity contribution in [2.45, 2.75) is 12.5 Å². The van der Waals surface area contributed by atoms with Gasteiger partial charge in [0.1, 0.15) is 5.01 Å². The van der Waals surface area contributed by atoms with Gasteiger partial charge in [-0.2, -0.15) is 9.61 Å². The average Bonchev–Trinajstić information content (AvgIpc) is 3.40. The zero-order valence-electron chi connectivity index (χ0n) is 20.8. The molecular formula is C30H27N5O2S. The molecule has 1 aliphatic rings. The minimum atomic E-state index is -0.321. The summed E-state index contributed by atoms with van der Waals surface area (Å²) in [5.41, 5.74) is 3.52. The molecule has 0 N–H and O–H groups in total. The summed E-state index contributed by atoms with van der Waals surface area (Å²) in [6, 6.07) is 31.3. The number of amides is 1. The maximum Gasteiger partial charge on any atom is 0.275 e. The third-order valence-corrected chi connectivity index (χ3v) is 7.86. The molecule has 6 rings (SSSR count). The lowest BCUT2D eigenvalue weighted by Gasteiger charge is -2.36. The molecule has 5 aromatic rings. The van der Waals surface area contributed by atoms with Crippen LogP contribution in [0.1, 0.15) is 22.7 Å². The smallest absolute Gasteiger partial charge is 0.275 e. The van der Waals surface area contributed by atoms with Gasteiger partial charge < -0.3 is 4.90 Å². The second-order valence-corrected chi connectivity index (χ2v) is 10.4. The van der Waals surface area contributed by atoms with Crippen molar-refractivity contribution in [3.8, 4) is 10.6 Å². The van der Waals surface area contributed by atoms with Crippen molar-refractivity contribution in [2.24, 2.45) is 0 Å². The maximum absolute atomic E-state index is 13.7. The van der Waals surface area contributed by atoms with E-state index in [0.29, 0.717) is 24.6 Å². The van der Waals surface area contributed by atoms with Crippen molar-refractivity contribution >= 4 is 22.2 Å². The van der Waals surface area contributed by atoms with Crippen LogP contribution in [-0.4, -0.2) is 56.5 Å². The molecular weight excluding hydrogens is 494 g/mol. The zero-order chi connectivity index (χ0) is 25.9. The molecule has 0 unspecified atom stereocenters. The van der Waals surface area contributed by atoms with E-state index in [0.717, 1.165) is 40.5 Å². The molecule has 2 aromatic heterocycles. The van der Waals surface area contributed by atoms with Gasteiger partial charge in [0.15, 0.2) is 0 Å². The lowest BCUT2D eigenvalue weighted by molar-refractivity contribution is -0.133. The Bertz CT molecular complexity index is 1550. The molecule has 1 fully saturated rings. The number of carbonyl (C=O) groups excluding carboxylic acids is 1. The summed E-state index contributed by atoms with van der Waals surface area (Å²) >= 11 is 1.41. The molecule has 0 atom stereocenters. The molecule has 3 heterocycles. The number of aromatic nitrogens is 3. The van der Waals surface area contributed by atoms with E-state index in [9.17, 15) is 9.59 Å². The molecule has 0 saturated carbocycles. The topological polar surface area (TPSA) is 70.8 Å². The van der Waals surface area contributed by atoms with E-state index in [2.05, 4.69) is 10.00 Å². The highest BCUT2D eigenvalue weighted by atomic mass is 32.1. The predicted molar refractivity (Wildman–Crippen MR) is 149 cm³/mol. The highest BCUT2D eigenvalue weighted by molar-refractivity contribution is 7.19. The van der Waals surface area contributed by atoms with Gasteiger partial charge in [-0.15, -0.1) is 0 Å². The molecule has 0 spiro atoms. The van der Waals surface area contributed by atoms with Crippen molar-refractivity contribution in [1.29, 1.82) is 0 Å². The van der Waals surface area contributed by atoms with Crippen LogP contribution in [-0.2, 0) is 11.3 Å². The number of rotatable bonds is 6. The largest absolute Gasteiger partial charge is 0.339 e. The fourth-order valence-corrected chi connectivity index (χ4v) is 5.87. The minimum absolute atomic E-state index is 0.123. The third-order valence-electron chi connectivity index (χ3n) is 6.90. The summed E-state index contributed by atoms with van der Waals surface area (Å²) in [6.45, 7) is 3.28. The van der Waals surface area contributed by atoms with E-state index in [4.69, 9.17) is 4.98 Å². The van der Waals surface area contributed by atoms with E-state index in [1.54, 1.807) is 6.07 Å². The Balaban J connectivity index is 1.15. The van der Waals surface area contributed by atoms with E-state index < -0.39 is 0 Å². The molecule has 8 heteroatoms. The lowest BCUT2D eigenvalue weighted by atomic mass is 9.90. The number of fused-ring (bicyclic) bond motifs is 1. The Morgan fingerprint density at radius 1 is 0.816 bits per heavy atom. The summed E-state index contributed by atoms with van der Waals surface area (Å²) in [7, 11) is 0. The van der Waals surface area contributed by atoms with Gasteiger partial charge in [-0.25, -0.2) is 4.98 Å². The van der Waals surface area contributed by atoms with Gasteiger partial charge in [-0.1, -0.05) is 102 Å². The number of piperazine rings is 1. The molecule has 1 amide bonds. The Labute approximate surface area is 224 Å². The fraction of sp³-hybridized carbons (Fsp3) is 0.200. The molecule has 0 bridgehead atoms. The summed E-state index contributed by atoms with van der Waals surface area (Å²) < 4.78 is 1.38. The van der Waals surface area contributed by atoms with Crippen molar-refractivity contribution < 1.29 is 4.79 Å². The maximum atomic E-state index is 13.7. The molecule has 1 aliphatic heterocycles. The van der Waals surface area contributed by atoms with Crippen molar-refractivity contribution in [3.63, 3.8) is 0 Å². The predicted octanol–water partition coefficient (Wildman–Crippen LogP) is 4.29. The summed E-state index contributed by atoms with van der Waals surface area (Å²) in [5.74, 6) is -0.198. The van der Waals surface area contributed by atoms with E-state index in [1.807, 2.05) is 95.9 Å². The van der Waals surface area contributed by atoms with E-state index in [-0.39, 0.29) is 17.4 Å². The van der Waals surface area contributed by atoms with Crippen molar-refractivity contribution in [1.82, 2.24) is 24.4 Å². The molecule has 38 heavy (non-hydrogen) atoms. The van der Waals surface area contributed by atoms with Gasteiger partial charge in [0.25, 0.3) is 5.56 Å². The van der Waals surface area contributed by atoms with Crippen LogP contribution in [0.5, 0.6) is 0 Å². The number of nitrogens with zero attached hydrogens (tertiary/aromatic N) is 5. The monoisotopic (exact) mass is 521 g/mol. The summed E-state index contributed by atoms with van der Waals surface area (Å²) in [6.07, 6.45) is 0. The van der Waals surface area contributed by atoms with Gasteiger partial charge in [-0.3, -0.25) is 14.5 Å². The Kier molecular flexibility index (Phi) is 6.81. The standard InChI is InChI=1S/C30H27N5O2S/c36-26-20-25(31-30-35(26)32-28(38-30)24-14-8-3-9-15-24)21-33-16-18-34(19-17-33)29(37)27(22-10-4-1-5-11-22)23-12-6-2-7-13-23/h1-15,20,27H,16-19,21H2. The molecule has 7 nitrogen and oxygen atoms in total. The van der Waals surface area contributed by atoms with Gasteiger partial charge in [0, 0.05) is 44.4 Å². The second kappa shape index (κ2) is 10.7. The number of benzene rings is 3. The van der Waals surface area contributed by atoms with E-state index in [1.165, 1.54) is 15.9 Å². The highest BCUT2D eigenvalue weighted by Gasteiger charge is 2.30. The first-order chi connectivity index (χ1) is 18.7. The molecule has 0 radical (unpaired) electrons. The van der Waals surface area contributed by atoms with Crippen LogP contribution in [0.3, 0.4) is 0 Å². The molecule has 1 saturated heterocycles. The van der Waals surface area contributed by atoms with Crippen LogP contribution < -0.4 is 5.56 Å². The first-order valence-corrected chi connectivity index (χ1v) is 13.5. The lowest BCUT2D eigenvalue weighted by Crippen LogP contribution is -2.49. The summed E-state index contributed by atoms with van der Waals surface area (Å²) in [5, 5.41) is 5.24. The van der Waals surface area contributed by atoms with Crippen molar-refractivity contribution in [3.05, 3.63) is 124 Å². The minimum Gasteiger partial charge on any atom is -0.339 e. The third kappa shape index (κ3) is 5.01. The number of carbonyl (C=O) groups is 1. The van der Waals surface area contributed by atoms with Crippen molar-refractivity contribution in [2.75, 3.05) is 26.2 Å². The quantitative estimate of drug-likeness (QED) is 0.333. The van der Waals surface area contributed by atoms with Crippen LogP contribution in [0.4, 0.5) is 0 Å². The van der Waals surface area contributed by atoms with Gasteiger partial charge >= 0.3 is 0 Å². The van der Waals surface area contributed by atoms with Crippen LogP contribution in [0, 0.1) is 0 Å².